The van der Waals surface area contributed by atoms with E-state index in [0.717, 1.165) is 11.1 Å². The number of carbonyl (C=O) groups is 1. The lowest BCUT2D eigenvalue weighted by Gasteiger charge is -2.17. The number of esters is 1. The summed E-state index contributed by atoms with van der Waals surface area (Å²) in [5, 5.41) is 9.97. The molecule has 0 fully saturated rings. The van der Waals surface area contributed by atoms with Gasteiger partial charge in [-0.05, 0) is 18.1 Å². The Hall–Kier alpha value is -1.44. The van der Waals surface area contributed by atoms with Gasteiger partial charge in [-0.1, -0.05) is 24.3 Å². The van der Waals surface area contributed by atoms with Gasteiger partial charge in [0.2, 0.25) is 10.0 Å². The predicted molar refractivity (Wildman–Crippen MR) is 72.4 cm³/mol. The standard InChI is InChI=1S/C13H17NO5S/c1-2-19-12(16)8-20(17,18)14-13-10-6-4-3-5-9(10)7-11(13)15/h3-6,11,13-15H,2,7-8H2,1H3. The lowest BCUT2D eigenvalue weighted by molar-refractivity contribution is -0.139. The van der Waals surface area contributed by atoms with Gasteiger partial charge in [0.1, 0.15) is 0 Å². The van der Waals surface area contributed by atoms with Crippen molar-refractivity contribution in [3.05, 3.63) is 35.4 Å². The maximum atomic E-state index is 11.9. The highest BCUT2D eigenvalue weighted by Crippen LogP contribution is 2.31. The Morgan fingerprint density at radius 3 is 2.85 bits per heavy atom. The zero-order valence-electron chi connectivity index (χ0n) is 11.1. The average Bonchev–Trinajstić information content (AvgIpc) is 2.65. The molecular weight excluding hydrogens is 282 g/mol. The molecule has 2 N–H and O–H groups in total. The zero-order valence-corrected chi connectivity index (χ0v) is 11.9. The highest BCUT2D eigenvalue weighted by atomic mass is 32.2. The minimum Gasteiger partial charge on any atom is -0.465 e. The fourth-order valence-corrected chi connectivity index (χ4v) is 3.46. The molecule has 2 rings (SSSR count). The van der Waals surface area contributed by atoms with Gasteiger partial charge in [-0.15, -0.1) is 0 Å². The van der Waals surface area contributed by atoms with E-state index in [2.05, 4.69) is 9.46 Å². The fraction of sp³-hybridized carbons (Fsp3) is 0.462. The van der Waals surface area contributed by atoms with E-state index in [4.69, 9.17) is 0 Å². The van der Waals surface area contributed by atoms with Crippen molar-refractivity contribution in [1.29, 1.82) is 0 Å². The smallest absolute Gasteiger partial charge is 0.322 e. The van der Waals surface area contributed by atoms with Crippen LogP contribution < -0.4 is 4.72 Å². The number of rotatable bonds is 5. The average molecular weight is 299 g/mol. The SMILES string of the molecule is CCOC(=O)CS(=O)(=O)NC1c2ccccc2CC1O. The molecule has 0 heterocycles. The number of sulfonamides is 1. The van der Waals surface area contributed by atoms with Crippen molar-refractivity contribution in [3.8, 4) is 0 Å². The molecule has 0 saturated heterocycles. The molecule has 0 saturated carbocycles. The van der Waals surface area contributed by atoms with E-state index in [1.807, 2.05) is 12.1 Å². The Morgan fingerprint density at radius 2 is 2.15 bits per heavy atom. The molecule has 6 nitrogen and oxygen atoms in total. The lowest BCUT2D eigenvalue weighted by Crippen LogP contribution is -2.37. The van der Waals surface area contributed by atoms with Crippen molar-refractivity contribution in [2.45, 2.75) is 25.5 Å². The molecule has 0 bridgehead atoms. The summed E-state index contributed by atoms with van der Waals surface area (Å²) in [6, 6.07) is 6.51. The van der Waals surface area contributed by atoms with Crippen molar-refractivity contribution in [2.24, 2.45) is 0 Å². The van der Waals surface area contributed by atoms with Gasteiger partial charge < -0.3 is 9.84 Å². The van der Waals surface area contributed by atoms with Crippen LogP contribution in [0.1, 0.15) is 24.1 Å². The molecule has 0 radical (unpaired) electrons. The molecule has 0 spiro atoms. The molecule has 0 aromatic heterocycles. The van der Waals surface area contributed by atoms with Crippen molar-refractivity contribution in [2.75, 3.05) is 12.4 Å². The monoisotopic (exact) mass is 299 g/mol. The van der Waals surface area contributed by atoms with Crippen LogP contribution in [-0.4, -0.2) is 38.0 Å². The number of nitrogens with one attached hydrogen (secondary N) is 1. The molecule has 0 amide bonds. The number of carbonyl (C=O) groups excluding carboxylic acids is 1. The van der Waals surface area contributed by atoms with Crippen LogP contribution in [0.15, 0.2) is 24.3 Å². The van der Waals surface area contributed by atoms with Crippen LogP contribution >= 0.6 is 0 Å². The van der Waals surface area contributed by atoms with Gasteiger partial charge in [0.25, 0.3) is 0 Å². The molecule has 1 aromatic rings. The first kappa shape index (κ1) is 15.0. The minimum absolute atomic E-state index is 0.128. The zero-order chi connectivity index (χ0) is 14.8. The molecule has 7 heteroatoms. The number of hydrogen-bond donors (Lipinski definition) is 2. The lowest BCUT2D eigenvalue weighted by atomic mass is 10.1. The summed E-state index contributed by atoms with van der Waals surface area (Å²) in [4.78, 5) is 11.3. The number of hydrogen-bond acceptors (Lipinski definition) is 5. The molecule has 1 aromatic carbocycles. The van der Waals surface area contributed by atoms with Gasteiger partial charge in [0, 0.05) is 6.42 Å². The van der Waals surface area contributed by atoms with Crippen LogP contribution in [-0.2, 0) is 26.0 Å². The summed E-state index contributed by atoms with van der Waals surface area (Å²) < 4.78 is 30.8. The second-order valence-electron chi connectivity index (χ2n) is 4.63. The maximum absolute atomic E-state index is 11.9. The van der Waals surface area contributed by atoms with Gasteiger partial charge in [0.05, 0.1) is 18.8 Å². The molecular formula is C13H17NO5S. The number of benzene rings is 1. The molecule has 1 aliphatic rings. The van der Waals surface area contributed by atoms with Gasteiger partial charge in [-0.25, -0.2) is 13.1 Å². The normalized spacial score (nSPS) is 21.5. The van der Waals surface area contributed by atoms with E-state index in [-0.39, 0.29) is 6.61 Å². The van der Waals surface area contributed by atoms with Gasteiger partial charge in [-0.3, -0.25) is 4.79 Å². The van der Waals surface area contributed by atoms with Crippen LogP contribution in [0.25, 0.3) is 0 Å². The molecule has 2 unspecified atom stereocenters. The van der Waals surface area contributed by atoms with Gasteiger partial charge >= 0.3 is 5.97 Å². The Labute approximate surface area is 117 Å². The van der Waals surface area contributed by atoms with E-state index >= 15 is 0 Å². The minimum atomic E-state index is -3.85. The van der Waals surface area contributed by atoms with Crippen molar-refractivity contribution >= 4 is 16.0 Å². The van der Waals surface area contributed by atoms with Crippen molar-refractivity contribution in [3.63, 3.8) is 0 Å². The Kier molecular flexibility index (Phi) is 4.42. The summed E-state index contributed by atoms with van der Waals surface area (Å²) in [5.74, 6) is -1.55. The summed E-state index contributed by atoms with van der Waals surface area (Å²) >= 11 is 0. The first-order chi connectivity index (χ1) is 9.43. The maximum Gasteiger partial charge on any atom is 0.322 e. The highest BCUT2D eigenvalue weighted by molar-refractivity contribution is 7.90. The molecule has 0 aliphatic heterocycles. The quantitative estimate of drug-likeness (QED) is 0.754. The van der Waals surface area contributed by atoms with Crippen LogP contribution in [0.2, 0.25) is 0 Å². The summed E-state index contributed by atoms with van der Waals surface area (Å²) in [6.07, 6.45) is -0.438. The number of aliphatic hydroxyl groups is 1. The van der Waals surface area contributed by atoms with Crippen LogP contribution in [0.5, 0.6) is 0 Å². The summed E-state index contributed by atoms with van der Waals surface area (Å²) in [5.41, 5.74) is 1.65. The molecule has 110 valence electrons. The second kappa shape index (κ2) is 5.90. The number of ether oxygens (including phenoxy) is 1. The number of aliphatic hydroxyl groups excluding tert-OH is 1. The van der Waals surface area contributed by atoms with Crippen LogP contribution in [0, 0.1) is 0 Å². The Morgan fingerprint density at radius 1 is 1.45 bits per heavy atom. The Bertz CT molecular complexity index is 599. The first-order valence-electron chi connectivity index (χ1n) is 6.34. The fourth-order valence-electron chi connectivity index (χ4n) is 2.31. The highest BCUT2D eigenvalue weighted by Gasteiger charge is 2.34. The van der Waals surface area contributed by atoms with E-state index in [1.165, 1.54) is 0 Å². The number of fused-ring (bicyclic) bond motifs is 1. The van der Waals surface area contributed by atoms with E-state index < -0.39 is 33.9 Å². The second-order valence-corrected chi connectivity index (χ2v) is 6.38. The van der Waals surface area contributed by atoms with Crippen molar-refractivity contribution < 1.29 is 23.1 Å². The van der Waals surface area contributed by atoms with Gasteiger partial charge in [-0.2, -0.15) is 0 Å². The Balaban J connectivity index is 2.12. The molecule has 1 aliphatic carbocycles. The third-order valence-electron chi connectivity index (χ3n) is 3.12. The van der Waals surface area contributed by atoms with Crippen LogP contribution in [0.3, 0.4) is 0 Å². The van der Waals surface area contributed by atoms with Gasteiger partial charge in [0.15, 0.2) is 5.75 Å². The van der Waals surface area contributed by atoms with Crippen LogP contribution in [0.4, 0.5) is 0 Å². The summed E-state index contributed by atoms with van der Waals surface area (Å²) in [6.45, 7) is 1.73. The third-order valence-corrected chi connectivity index (χ3v) is 4.35. The molecule has 2 atom stereocenters. The first-order valence-corrected chi connectivity index (χ1v) is 7.99. The molecule has 20 heavy (non-hydrogen) atoms. The third kappa shape index (κ3) is 3.36. The summed E-state index contributed by atoms with van der Waals surface area (Å²) in [7, 11) is -3.85. The van der Waals surface area contributed by atoms with E-state index in [1.54, 1.807) is 19.1 Å². The van der Waals surface area contributed by atoms with E-state index in [0.29, 0.717) is 6.42 Å². The largest absolute Gasteiger partial charge is 0.465 e. The topological polar surface area (TPSA) is 92.7 Å². The van der Waals surface area contributed by atoms with Crippen molar-refractivity contribution in [1.82, 2.24) is 4.72 Å². The van der Waals surface area contributed by atoms with E-state index in [9.17, 15) is 18.3 Å². The predicted octanol–water partition coefficient (Wildman–Crippen LogP) is 0.127.